The first-order chi connectivity index (χ1) is 12.0. The maximum Gasteiger partial charge on any atom is 0.216 e. The molecule has 7 heteroatoms. The zero-order valence-corrected chi connectivity index (χ0v) is 15.3. The highest BCUT2D eigenvalue weighted by Crippen LogP contribution is 2.35. The Morgan fingerprint density at radius 3 is 2.92 bits per heavy atom. The minimum Gasteiger partial charge on any atom is -0.360 e. The van der Waals surface area contributed by atoms with Gasteiger partial charge in [0.25, 0.3) is 0 Å². The molecule has 0 spiro atoms. The molecule has 0 radical (unpaired) electrons. The van der Waals surface area contributed by atoms with Crippen LogP contribution >= 0.6 is 0 Å². The third-order valence-electron chi connectivity index (χ3n) is 5.10. The minimum absolute atomic E-state index is 0.180. The average Bonchev–Trinajstić information content (AvgIpc) is 3.10. The molecule has 1 fully saturated rings. The summed E-state index contributed by atoms with van der Waals surface area (Å²) in [5.41, 5.74) is 2.87. The lowest BCUT2D eigenvalue weighted by Gasteiger charge is -2.33. The van der Waals surface area contributed by atoms with E-state index in [1.807, 2.05) is 12.3 Å². The molecule has 3 aromatic rings. The van der Waals surface area contributed by atoms with Crippen molar-refractivity contribution in [3.05, 3.63) is 36.3 Å². The van der Waals surface area contributed by atoms with Gasteiger partial charge in [-0.3, -0.25) is 0 Å². The molecule has 1 aliphatic rings. The molecule has 0 bridgehead atoms. The summed E-state index contributed by atoms with van der Waals surface area (Å²) < 4.78 is 26.9. The molecule has 3 aromatic heterocycles. The molecule has 0 saturated carbocycles. The molecule has 0 aliphatic carbocycles. The molecule has 25 heavy (non-hydrogen) atoms. The number of hydrogen-bond acceptors (Lipinski definition) is 4. The molecule has 1 N–H and O–H groups in total. The van der Waals surface area contributed by atoms with E-state index >= 15 is 0 Å². The van der Waals surface area contributed by atoms with Gasteiger partial charge in [-0.05, 0) is 50.3 Å². The van der Waals surface area contributed by atoms with Crippen LogP contribution in [0.5, 0.6) is 0 Å². The van der Waals surface area contributed by atoms with Gasteiger partial charge in [-0.2, -0.15) is 0 Å². The van der Waals surface area contributed by atoms with E-state index in [4.69, 9.17) is 0 Å². The van der Waals surface area contributed by atoms with Crippen LogP contribution in [0.4, 0.5) is 0 Å². The maximum absolute atomic E-state index is 12.6. The molecule has 1 atom stereocenters. The Hall–Kier alpha value is -1.99. The summed E-state index contributed by atoms with van der Waals surface area (Å²) in [6.45, 7) is 4.65. The second-order valence-corrected chi connectivity index (χ2v) is 9.44. The van der Waals surface area contributed by atoms with E-state index in [2.05, 4.69) is 21.0 Å². The predicted octanol–water partition coefficient (Wildman–Crippen LogP) is 3.03. The fourth-order valence-corrected chi connectivity index (χ4v) is 5.12. The number of piperidine rings is 1. The van der Waals surface area contributed by atoms with Crippen molar-refractivity contribution >= 4 is 32.0 Å². The second-order valence-electron chi connectivity index (χ2n) is 6.95. The topological polar surface area (TPSA) is 79.0 Å². The fraction of sp³-hybridized carbons (Fsp3) is 0.444. The van der Waals surface area contributed by atoms with E-state index in [-0.39, 0.29) is 11.2 Å². The summed E-state index contributed by atoms with van der Waals surface area (Å²) in [7, 11) is -3.22. The van der Waals surface area contributed by atoms with Crippen LogP contribution in [0.2, 0.25) is 0 Å². The number of nitrogens with one attached hydrogen (secondary N) is 1. The van der Waals surface area contributed by atoms with E-state index in [0.29, 0.717) is 13.1 Å². The average molecular weight is 358 g/mol. The van der Waals surface area contributed by atoms with E-state index in [1.54, 1.807) is 30.5 Å². The lowest BCUT2D eigenvalue weighted by Crippen LogP contribution is -2.42. The van der Waals surface area contributed by atoms with E-state index in [1.165, 1.54) is 5.56 Å². The number of aromatic amines is 1. The quantitative estimate of drug-likeness (QED) is 0.780. The molecule has 4 rings (SSSR count). The number of pyridine rings is 2. The Balaban J connectivity index is 1.80. The highest BCUT2D eigenvalue weighted by Gasteiger charge is 2.32. The van der Waals surface area contributed by atoms with Gasteiger partial charge in [0.15, 0.2) is 5.65 Å². The van der Waals surface area contributed by atoms with Gasteiger partial charge in [0.1, 0.15) is 0 Å². The van der Waals surface area contributed by atoms with Crippen LogP contribution in [0.3, 0.4) is 0 Å². The number of hydrogen-bond donors (Lipinski definition) is 1. The molecule has 4 heterocycles. The SMILES string of the molecule is CC(C)S(=O)(=O)N1CCCC(c2cc[nH]c3cnc4nccc4c23)C1. The van der Waals surface area contributed by atoms with Crippen LogP contribution in [0, 0.1) is 0 Å². The van der Waals surface area contributed by atoms with Gasteiger partial charge >= 0.3 is 0 Å². The van der Waals surface area contributed by atoms with Crippen molar-refractivity contribution < 1.29 is 8.42 Å². The van der Waals surface area contributed by atoms with Crippen LogP contribution in [-0.4, -0.2) is 46.0 Å². The summed E-state index contributed by atoms with van der Waals surface area (Å²) in [6.07, 6.45) is 7.35. The second kappa shape index (κ2) is 6.07. The number of sulfonamides is 1. The van der Waals surface area contributed by atoms with Crippen LogP contribution < -0.4 is 0 Å². The number of aromatic nitrogens is 3. The summed E-state index contributed by atoms with van der Waals surface area (Å²) in [6, 6.07) is 4.05. The summed E-state index contributed by atoms with van der Waals surface area (Å²) in [4.78, 5) is 11.9. The van der Waals surface area contributed by atoms with Gasteiger partial charge in [-0.25, -0.2) is 22.7 Å². The Kier molecular flexibility index (Phi) is 4.00. The zero-order valence-electron chi connectivity index (χ0n) is 14.4. The Labute approximate surface area is 147 Å². The smallest absolute Gasteiger partial charge is 0.216 e. The van der Waals surface area contributed by atoms with Crippen molar-refractivity contribution in [2.24, 2.45) is 0 Å². The summed E-state index contributed by atoms with van der Waals surface area (Å²) in [5, 5.41) is 1.74. The van der Waals surface area contributed by atoms with Crippen molar-refractivity contribution in [2.45, 2.75) is 37.9 Å². The highest BCUT2D eigenvalue weighted by atomic mass is 32.2. The molecule has 0 amide bonds. The normalized spacial score (nSPS) is 19.9. The molecule has 132 valence electrons. The predicted molar refractivity (Wildman–Crippen MR) is 99.0 cm³/mol. The van der Waals surface area contributed by atoms with Crippen molar-refractivity contribution in [2.75, 3.05) is 13.1 Å². The van der Waals surface area contributed by atoms with E-state index in [9.17, 15) is 8.42 Å². The van der Waals surface area contributed by atoms with Gasteiger partial charge < -0.3 is 4.98 Å². The third kappa shape index (κ3) is 2.71. The monoisotopic (exact) mass is 358 g/mol. The van der Waals surface area contributed by atoms with Gasteiger partial charge in [0, 0.05) is 36.3 Å². The van der Waals surface area contributed by atoms with Gasteiger partial charge in [-0.1, -0.05) is 0 Å². The highest BCUT2D eigenvalue weighted by molar-refractivity contribution is 7.89. The molecule has 0 aromatic carbocycles. The van der Waals surface area contributed by atoms with Crippen molar-refractivity contribution in [1.29, 1.82) is 0 Å². The molecular formula is C18H22N4O2S. The number of rotatable bonds is 3. The molecular weight excluding hydrogens is 336 g/mol. The first-order valence-electron chi connectivity index (χ1n) is 8.68. The molecule has 1 aliphatic heterocycles. The van der Waals surface area contributed by atoms with Crippen molar-refractivity contribution in [3.8, 4) is 0 Å². The molecule has 1 unspecified atom stereocenters. The number of fused-ring (bicyclic) bond motifs is 3. The maximum atomic E-state index is 12.6. The summed E-state index contributed by atoms with van der Waals surface area (Å²) >= 11 is 0. The standard InChI is InChI=1S/C18H22N4O2S/c1-12(2)25(23,24)22-9-3-4-13(11-22)14-5-7-19-16-10-21-18-15(17(14)16)6-8-20-18/h5-8,10,12-13,19H,3-4,9,11H2,1-2H3. The van der Waals surface area contributed by atoms with Crippen molar-refractivity contribution in [3.63, 3.8) is 0 Å². The Morgan fingerprint density at radius 2 is 2.12 bits per heavy atom. The van der Waals surface area contributed by atoms with Crippen LogP contribution in [-0.2, 0) is 10.0 Å². The Bertz CT molecular complexity index is 1030. The van der Waals surface area contributed by atoms with Crippen LogP contribution in [0.15, 0.2) is 30.7 Å². The van der Waals surface area contributed by atoms with Gasteiger partial charge in [0.05, 0.1) is 17.0 Å². The van der Waals surface area contributed by atoms with E-state index in [0.717, 1.165) is 34.8 Å². The lowest BCUT2D eigenvalue weighted by molar-refractivity contribution is 0.314. The fourth-order valence-electron chi connectivity index (χ4n) is 3.75. The van der Waals surface area contributed by atoms with E-state index < -0.39 is 10.0 Å². The van der Waals surface area contributed by atoms with Crippen LogP contribution in [0.25, 0.3) is 21.9 Å². The molecule has 6 nitrogen and oxygen atoms in total. The zero-order chi connectivity index (χ0) is 17.6. The minimum atomic E-state index is -3.22. The largest absolute Gasteiger partial charge is 0.360 e. The van der Waals surface area contributed by atoms with Crippen LogP contribution in [0.1, 0.15) is 38.2 Å². The van der Waals surface area contributed by atoms with Gasteiger partial charge in [-0.15, -0.1) is 0 Å². The Morgan fingerprint density at radius 1 is 1.28 bits per heavy atom. The molecule has 1 saturated heterocycles. The summed E-state index contributed by atoms with van der Waals surface area (Å²) in [5.74, 6) is 0.180. The first kappa shape index (κ1) is 16.5. The van der Waals surface area contributed by atoms with Gasteiger partial charge in [0.2, 0.25) is 10.0 Å². The lowest BCUT2D eigenvalue weighted by atomic mass is 9.89. The third-order valence-corrected chi connectivity index (χ3v) is 7.35. The number of nitrogens with zero attached hydrogens (tertiary/aromatic N) is 3. The first-order valence-corrected chi connectivity index (χ1v) is 10.2. The number of H-pyrrole nitrogens is 1. The van der Waals surface area contributed by atoms with Crippen molar-refractivity contribution in [1.82, 2.24) is 19.3 Å².